The highest BCUT2D eigenvalue weighted by molar-refractivity contribution is 8.00. The first kappa shape index (κ1) is 21.7. The van der Waals surface area contributed by atoms with E-state index >= 15 is 0 Å². The molecule has 0 unspecified atom stereocenters. The van der Waals surface area contributed by atoms with Crippen LogP contribution in [0.3, 0.4) is 0 Å². The second-order valence-electron chi connectivity index (χ2n) is 6.15. The zero-order valence-electron chi connectivity index (χ0n) is 15.8. The number of sulfonamides is 1. The fourth-order valence-electron chi connectivity index (χ4n) is 2.78. The van der Waals surface area contributed by atoms with E-state index in [0.717, 1.165) is 23.9 Å². The summed E-state index contributed by atoms with van der Waals surface area (Å²) in [5, 5.41) is 19.7. The molecule has 0 amide bonds. The number of carboxylic acids is 1. The second kappa shape index (κ2) is 8.80. The molecular formula is C20H18FNO6S2. The van der Waals surface area contributed by atoms with Crippen LogP contribution >= 0.6 is 11.8 Å². The van der Waals surface area contributed by atoms with Gasteiger partial charge in [-0.3, -0.25) is 9.52 Å². The number of nitrogens with one attached hydrogen (secondary N) is 1. The molecule has 0 atom stereocenters. The van der Waals surface area contributed by atoms with Crippen LogP contribution < -0.4 is 9.46 Å². The molecule has 0 radical (unpaired) electrons. The van der Waals surface area contributed by atoms with Crippen molar-refractivity contribution < 1.29 is 32.6 Å². The Hall–Kier alpha value is -2.98. The first-order chi connectivity index (χ1) is 14.2. The zero-order valence-corrected chi connectivity index (χ0v) is 17.4. The molecule has 0 aromatic heterocycles. The summed E-state index contributed by atoms with van der Waals surface area (Å²) in [7, 11) is -4.05. The lowest BCUT2D eigenvalue weighted by Crippen LogP contribution is -2.13. The molecule has 158 valence electrons. The number of aromatic hydroxyl groups is 1. The SMILES string of the molecule is CCOc1ccc(S(=O)(=O)Nc2cc(SCC(=O)O)c(O)c3ccc(F)cc23)cc1. The molecule has 0 fully saturated rings. The molecule has 0 aliphatic heterocycles. The first-order valence-corrected chi connectivity index (χ1v) is 11.2. The smallest absolute Gasteiger partial charge is 0.313 e. The fraction of sp³-hybridized carbons (Fsp3) is 0.150. The van der Waals surface area contributed by atoms with Crippen LogP contribution in [-0.2, 0) is 14.8 Å². The Morgan fingerprint density at radius 1 is 1.13 bits per heavy atom. The minimum absolute atomic E-state index is 0.0177. The van der Waals surface area contributed by atoms with Gasteiger partial charge >= 0.3 is 5.97 Å². The molecule has 0 saturated carbocycles. The molecule has 3 aromatic carbocycles. The topological polar surface area (TPSA) is 113 Å². The van der Waals surface area contributed by atoms with Gasteiger partial charge in [-0.1, -0.05) is 0 Å². The lowest BCUT2D eigenvalue weighted by atomic mass is 10.1. The summed E-state index contributed by atoms with van der Waals surface area (Å²) in [6.07, 6.45) is 0. The molecule has 3 N–H and O–H groups in total. The number of rotatable bonds is 8. The van der Waals surface area contributed by atoms with E-state index < -0.39 is 21.8 Å². The quantitative estimate of drug-likeness (QED) is 0.350. The number of hydrogen-bond donors (Lipinski definition) is 3. The van der Waals surface area contributed by atoms with Crippen molar-refractivity contribution in [3.05, 3.63) is 54.3 Å². The summed E-state index contributed by atoms with van der Waals surface area (Å²) in [4.78, 5) is 11.0. The predicted molar refractivity (Wildman–Crippen MR) is 112 cm³/mol. The summed E-state index contributed by atoms with van der Waals surface area (Å²) in [5.41, 5.74) is 0.0177. The molecule has 0 spiro atoms. The van der Waals surface area contributed by atoms with Gasteiger partial charge in [0.2, 0.25) is 0 Å². The average Bonchev–Trinajstić information content (AvgIpc) is 2.69. The molecule has 0 saturated heterocycles. The standard InChI is InChI=1S/C20H18FNO6S2/c1-2-28-13-4-6-14(7-5-13)30(26,27)22-17-10-18(29-11-19(23)24)20(25)15-8-3-12(21)9-16(15)17/h3-10,22,25H,2,11H2,1H3,(H,23,24). The molecule has 0 heterocycles. The average molecular weight is 451 g/mol. The van der Waals surface area contributed by atoms with Crippen molar-refractivity contribution >= 4 is 44.2 Å². The summed E-state index contributed by atoms with van der Waals surface area (Å²) in [6, 6.07) is 10.6. The highest BCUT2D eigenvalue weighted by Gasteiger charge is 2.19. The van der Waals surface area contributed by atoms with E-state index in [1.165, 1.54) is 36.4 Å². The minimum atomic E-state index is -4.05. The molecule has 3 rings (SSSR count). The van der Waals surface area contributed by atoms with Gasteiger partial charge in [-0.25, -0.2) is 12.8 Å². The van der Waals surface area contributed by atoms with Crippen LogP contribution in [0.15, 0.2) is 58.3 Å². The lowest BCUT2D eigenvalue weighted by Gasteiger charge is -2.15. The summed E-state index contributed by atoms with van der Waals surface area (Å²) in [6.45, 7) is 2.24. The number of ether oxygens (including phenoxy) is 1. The van der Waals surface area contributed by atoms with Crippen molar-refractivity contribution in [2.45, 2.75) is 16.7 Å². The van der Waals surface area contributed by atoms with E-state index in [1.807, 2.05) is 0 Å². The van der Waals surface area contributed by atoms with Crippen molar-refractivity contribution in [1.82, 2.24) is 0 Å². The highest BCUT2D eigenvalue weighted by atomic mass is 32.2. The van der Waals surface area contributed by atoms with E-state index in [2.05, 4.69) is 4.72 Å². The van der Waals surface area contributed by atoms with Gasteiger partial charge in [0.25, 0.3) is 10.0 Å². The van der Waals surface area contributed by atoms with Crippen LogP contribution in [0.1, 0.15) is 6.92 Å². The van der Waals surface area contributed by atoms with Crippen LogP contribution in [0.25, 0.3) is 10.8 Å². The maximum atomic E-state index is 13.8. The highest BCUT2D eigenvalue weighted by Crippen LogP contribution is 2.40. The van der Waals surface area contributed by atoms with Crippen LogP contribution in [0.2, 0.25) is 0 Å². The molecule has 10 heteroatoms. The lowest BCUT2D eigenvalue weighted by molar-refractivity contribution is -0.133. The molecular weight excluding hydrogens is 433 g/mol. The van der Waals surface area contributed by atoms with Crippen molar-refractivity contribution in [2.24, 2.45) is 0 Å². The fourth-order valence-corrected chi connectivity index (χ4v) is 4.57. The molecule has 7 nitrogen and oxygen atoms in total. The van der Waals surface area contributed by atoms with Gasteiger partial charge < -0.3 is 14.9 Å². The number of phenols is 1. The van der Waals surface area contributed by atoms with Gasteiger partial charge in [0.05, 0.1) is 27.8 Å². The number of benzene rings is 3. The number of anilines is 1. The Labute approximate surface area is 176 Å². The monoisotopic (exact) mass is 451 g/mol. The van der Waals surface area contributed by atoms with Crippen molar-refractivity contribution in [3.8, 4) is 11.5 Å². The first-order valence-electron chi connectivity index (χ1n) is 8.76. The number of aliphatic carboxylic acids is 1. The van der Waals surface area contributed by atoms with Gasteiger partial charge in [-0.2, -0.15) is 0 Å². The largest absolute Gasteiger partial charge is 0.506 e. The third kappa shape index (κ3) is 4.77. The van der Waals surface area contributed by atoms with E-state index in [4.69, 9.17) is 9.84 Å². The van der Waals surface area contributed by atoms with Gasteiger partial charge in [0.1, 0.15) is 17.3 Å². The van der Waals surface area contributed by atoms with E-state index in [0.29, 0.717) is 12.4 Å². The maximum absolute atomic E-state index is 13.8. The molecule has 0 aliphatic carbocycles. The normalized spacial score (nSPS) is 11.4. The number of phenolic OH excluding ortho intramolecular Hbond substituents is 1. The second-order valence-corrected chi connectivity index (χ2v) is 8.85. The Bertz CT molecular complexity index is 1200. The summed E-state index contributed by atoms with van der Waals surface area (Å²) < 4.78 is 47.2. The number of fused-ring (bicyclic) bond motifs is 1. The number of hydrogen-bond acceptors (Lipinski definition) is 6. The number of thioether (sulfide) groups is 1. The van der Waals surface area contributed by atoms with Crippen LogP contribution in [0, 0.1) is 5.82 Å². The van der Waals surface area contributed by atoms with Crippen LogP contribution in [-0.4, -0.2) is 37.0 Å². The van der Waals surface area contributed by atoms with Crippen molar-refractivity contribution in [1.29, 1.82) is 0 Å². The van der Waals surface area contributed by atoms with E-state index in [1.54, 1.807) is 6.92 Å². The third-order valence-corrected chi connectivity index (χ3v) is 6.47. The number of carboxylic acid groups (broad SMARTS) is 1. The minimum Gasteiger partial charge on any atom is -0.506 e. The Morgan fingerprint density at radius 3 is 2.47 bits per heavy atom. The maximum Gasteiger partial charge on any atom is 0.313 e. The molecule has 0 aliphatic rings. The number of halogens is 1. The number of carbonyl (C=O) groups is 1. The van der Waals surface area contributed by atoms with E-state index in [9.17, 15) is 22.7 Å². The summed E-state index contributed by atoms with van der Waals surface area (Å²) >= 11 is 0.823. The van der Waals surface area contributed by atoms with Gasteiger partial charge in [0.15, 0.2) is 0 Å². The van der Waals surface area contributed by atoms with Gasteiger partial charge in [-0.05, 0) is 55.5 Å². The van der Waals surface area contributed by atoms with Crippen LogP contribution in [0.5, 0.6) is 11.5 Å². The predicted octanol–water partition coefficient (Wildman–Crippen LogP) is 4.06. The summed E-state index contributed by atoms with van der Waals surface area (Å²) in [5.74, 6) is -1.79. The molecule has 3 aromatic rings. The Balaban J connectivity index is 2.05. The third-order valence-electron chi connectivity index (χ3n) is 4.08. The Kier molecular flexibility index (Phi) is 6.37. The Morgan fingerprint density at radius 2 is 1.83 bits per heavy atom. The zero-order chi connectivity index (χ0) is 21.9. The van der Waals surface area contributed by atoms with Gasteiger partial charge in [-0.15, -0.1) is 11.8 Å². The van der Waals surface area contributed by atoms with Crippen molar-refractivity contribution in [3.63, 3.8) is 0 Å². The molecule has 30 heavy (non-hydrogen) atoms. The van der Waals surface area contributed by atoms with Gasteiger partial charge in [0, 0.05) is 10.8 Å². The van der Waals surface area contributed by atoms with Crippen LogP contribution in [0.4, 0.5) is 10.1 Å². The molecule has 0 bridgehead atoms. The van der Waals surface area contributed by atoms with Crippen molar-refractivity contribution in [2.75, 3.05) is 17.1 Å². The van der Waals surface area contributed by atoms with E-state index in [-0.39, 0.29) is 37.8 Å².